The Labute approximate surface area is 140 Å². The van der Waals surface area contributed by atoms with Crippen LogP contribution in [0.4, 0.5) is 0 Å². The first-order chi connectivity index (χ1) is 11.1. The van der Waals surface area contributed by atoms with Gasteiger partial charge in [0.25, 0.3) is 0 Å². The van der Waals surface area contributed by atoms with E-state index in [1.165, 1.54) is 19.3 Å². The van der Waals surface area contributed by atoms with E-state index in [2.05, 4.69) is 13.8 Å². The Balaban J connectivity index is 1.57. The summed E-state index contributed by atoms with van der Waals surface area (Å²) in [6, 6.07) is 0.390. The van der Waals surface area contributed by atoms with Gasteiger partial charge in [-0.15, -0.1) is 0 Å². The van der Waals surface area contributed by atoms with E-state index in [4.69, 9.17) is 0 Å². The molecule has 3 rings (SSSR count). The van der Waals surface area contributed by atoms with Crippen LogP contribution < -0.4 is 0 Å². The zero-order chi connectivity index (χ0) is 16.4. The molecule has 3 aliphatic rings. The first kappa shape index (κ1) is 16.8. The van der Waals surface area contributed by atoms with Crippen molar-refractivity contribution in [1.82, 2.24) is 9.80 Å². The number of piperidine rings is 1. The van der Waals surface area contributed by atoms with Crippen molar-refractivity contribution < 1.29 is 9.59 Å². The SMILES string of the molecule is CC[C@H]1CCCN(C(=O)[C@@H]2CC(=O)N(C3CCC(C)CC3)C2)C1. The van der Waals surface area contributed by atoms with Crippen molar-refractivity contribution in [2.45, 2.75) is 71.3 Å². The maximum Gasteiger partial charge on any atom is 0.228 e. The van der Waals surface area contributed by atoms with E-state index < -0.39 is 0 Å². The molecule has 130 valence electrons. The number of amides is 2. The fourth-order valence-corrected chi connectivity index (χ4v) is 4.66. The third-order valence-electron chi connectivity index (χ3n) is 6.34. The quantitative estimate of drug-likeness (QED) is 0.802. The zero-order valence-corrected chi connectivity index (χ0v) is 14.8. The predicted octanol–water partition coefficient (Wildman–Crippen LogP) is 3.06. The fourth-order valence-electron chi connectivity index (χ4n) is 4.66. The molecule has 2 aliphatic heterocycles. The highest BCUT2D eigenvalue weighted by atomic mass is 16.2. The van der Waals surface area contributed by atoms with E-state index in [9.17, 15) is 9.59 Å². The molecule has 1 saturated carbocycles. The number of likely N-dealkylation sites (tertiary alicyclic amines) is 2. The van der Waals surface area contributed by atoms with Gasteiger partial charge in [0.05, 0.1) is 5.92 Å². The Morgan fingerprint density at radius 1 is 1.13 bits per heavy atom. The molecule has 2 saturated heterocycles. The molecule has 23 heavy (non-hydrogen) atoms. The van der Waals surface area contributed by atoms with Crippen LogP contribution in [-0.4, -0.2) is 47.3 Å². The summed E-state index contributed by atoms with van der Waals surface area (Å²) in [6.07, 6.45) is 8.64. The molecule has 0 radical (unpaired) electrons. The highest BCUT2D eigenvalue weighted by Gasteiger charge is 2.40. The number of carbonyl (C=O) groups is 2. The maximum absolute atomic E-state index is 12.8. The molecule has 0 unspecified atom stereocenters. The van der Waals surface area contributed by atoms with Crippen molar-refractivity contribution >= 4 is 11.8 Å². The van der Waals surface area contributed by atoms with E-state index in [0.717, 1.165) is 44.7 Å². The van der Waals surface area contributed by atoms with Gasteiger partial charge in [0, 0.05) is 32.1 Å². The number of carbonyl (C=O) groups excluding carboxylic acids is 2. The monoisotopic (exact) mass is 320 g/mol. The van der Waals surface area contributed by atoms with Crippen LogP contribution in [0.25, 0.3) is 0 Å². The van der Waals surface area contributed by atoms with Crippen molar-refractivity contribution in [3.8, 4) is 0 Å². The largest absolute Gasteiger partial charge is 0.342 e. The van der Waals surface area contributed by atoms with Crippen LogP contribution >= 0.6 is 0 Å². The van der Waals surface area contributed by atoms with Crippen molar-refractivity contribution in [2.24, 2.45) is 17.8 Å². The summed E-state index contributed by atoms with van der Waals surface area (Å²) < 4.78 is 0. The van der Waals surface area contributed by atoms with Crippen LogP contribution in [-0.2, 0) is 9.59 Å². The van der Waals surface area contributed by atoms with Crippen molar-refractivity contribution in [1.29, 1.82) is 0 Å². The normalized spacial score (nSPS) is 35.7. The smallest absolute Gasteiger partial charge is 0.228 e. The average Bonchev–Trinajstić information content (AvgIpc) is 2.97. The molecule has 0 bridgehead atoms. The van der Waals surface area contributed by atoms with E-state index >= 15 is 0 Å². The first-order valence-electron chi connectivity index (χ1n) is 9.66. The van der Waals surface area contributed by atoms with Crippen LogP contribution in [0.3, 0.4) is 0 Å². The van der Waals surface area contributed by atoms with Gasteiger partial charge in [0.2, 0.25) is 11.8 Å². The minimum Gasteiger partial charge on any atom is -0.342 e. The fraction of sp³-hybridized carbons (Fsp3) is 0.895. The van der Waals surface area contributed by atoms with E-state index in [1.54, 1.807) is 0 Å². The van der Waals surface area contributed by atoms with E-state index in [-0.39, 0.29) is 17.7 Å². The molecule has 3 fully saturated rings. The lowest BCUT2D eigenvalue weighted by molar-refractivity contribution is -0.137. The molecule has 4 heteroatoms. The first-order valence-corrected chi connectivity index (χ1v) is 9.66. The second-order valence-corrected chi connectivity index (χ2v) is 8.06. The van der Waals surface area contributed by atoms with Crippen LogP contribution in [0.2, 0.25) is 0 Å². The standard InChI is InChI=1S/C19H32N2O2/c1-3-15-5-4-10-20(12-15)19(23)16-11-18(22)21(13-16)17-8-6-14(2)7-9-17/h14-17H,3-13H2,1-2H3/t14?,15-,16+,17?/m0/s1. The van der Waals surface area contributed by atoms with Gasteiger partial charge in [-0.3, -0.25) is 9.59 Å². The Morgan fingerprint density at radius 2 is 1.87 bits per heavy atom. The Hall–Kier alpha value is -1.06. The molecule has 2 amide bonds. The third kappa shape index (κ3) is 3.72. The molecule has 4 nitrogen and oxygen atoms in total. The van der Waals surface area contributed by atoms with Crippen LogP contribution in [0, 0.1) is 17.8 Å². The number of hydrogen-bond acceptors (Lipinski definition) is 2. The molecule has 0 spiro atoms. The minimum absolute atomic E-state index is 0.0857. The second kappa shape index (κ2) is 7.23. The molecule has 2 heterocycles. The molecule has 0 aromatic rings. The molecule has 0 aromatic carbocycles. The molecule has 2 atom stereocenters. The zero-order valence-electron chi connectivity index (χ0n) is 14.8. The number of rotatable bonds is 3. The van der Waals surface area contributed by atoms with Gasteiger partial charge in [-0.1, -0.05) is 20.3 Å². The van der Waals surface area contributed by atoms with Crippen LogP contribution in [0.15, 0.2) is 0 Å². The Morgan fingerprint density at radius 3 is 2.57 bits per heavy atom. The molecule has 0 aromatic heterocycles. The topological polar surface area (TPSA) is 40.6 Å². The molecule has 1 aliphatic carbocycles. The van der Waals surface area contributed by atoms with E-state index in [1.807, 2.05) is 9.80 Å². The average molecular weight is 320 g/mol. The van der Waals surface area contributed by atoms with Gasteiger partial charge in [-0.05, 0) is 50.4 Å². The summed E-state index contributed by atoms with van der Waals surface area (Å²) in [4.78, 5) is 29.3. The maximum atomic E-state index is 12.8. The molecular formula is C19H32N2O2. The van der Waals surface area contributed by atoms with Gasteiger partial charge in [-0.25, -0.2) is 0 Å². The number of nitrogens with zero attached hydrogens (tertiary/aromatic N) is 2. The van der Waals surface area contributed by atoms with Gasteiger partial charge >= 0.3 is 0 Å². The molecular weight excluding hydrogens is 288 g/mol. The lowest BCUT2D eigenvalue weighted by Crippen LogP contribution is -2.44. The summed E-state index contributed by atoms with van der Waals surface area (Å²) in [5, 5.41) is 0. The highest BCUT2D eigenvalue weighted by molar-refractivity contribution is 5.89. The number of hydrogen-bond donors (Lipinski definition) is 0. The van der Waals surface area contributed by atoms with Crippen LogP contribution in [0.1, 0.15) is 65.2 Å². The predicted molar refractivity (Wildman–Crippen MR) is 90.8 cm³/mol. The third-order valence-corrected chi connectivity index (χ3v) is 6.34. The van der Waals surface area contributed by atoms with Crippen LogP contribution in [0.5, 0.6) is 0 Å². The van der Waals surface area contributed by atoms with Crippen molar-refractivity contribution in [3.63, 3.8) is 0 Å². The van der Waals surface area contributed by atoms with Crippen molar-refractivity contribution in [2.75, 3.05) is 19.6 Å². The lowest BCUT2D eigenvalue weighted by Gasteiger charge is -2.35. The lowest BCUT2D eigenvalue weighted by atomic mass is 9.86. The summed E-state index contributed by atoms with van der Waals surface area (Å²) in [5.74, 6) is 1.81. The Kier molecular flexibility index (Phi) is 5.27. The summed E-state index contributed by atoms with van der Waals surface area (Å²) in [7, 11) is 0. The summed E-state index contributed by atoms with van der Waals surface area (Å²) in [5.41, 5.74) is 0. The minimum atomic E-state index is -0.0857. The highest BCUT2D eigenvalue weighted by Crippen LogP contribution is 2.32. The molecule has 0 N–H and O–H groups in total. The van der Waals surface area contributed by atoms with Gasteiger partial charge in [-0.2, -0.15) is 0 Å². The van der Waals surface area contributed by atoms with Gasteiger partial charge in [0.1, 0.15) is 0 Å². The second-order valence-electron chi connectivity index (χ2n) is 8.06. The van der Waals surface area contributed by atoms with Crippen molar-refractivity contribution in [3.05, 3.63) is 0 Å². The Bertz CT molecular complexity index is 443. The summed E-state index contributed by atoms with van der Waals surface area (Å²) in [6.45, 7) is 6.98. The van der Waals surface area contributed by atoms with Gasteiger partial charge < -0.3 is 9.80 Å². The van der Waals surface area contributed by atoms with Gasteiger partial charge in [0.15, 0.2) is 0 Å². The summed E-state index contributed by atoms with van der Waals surface area (Å²) >= 11 is 0. The van der Waals surface area contributed by atoms with E-state index in [0.29, 0.717) is 24.9 Å².